The Morgan fingerprint density at radius 2 is 1.81 bits per heavy atom. The highest BCUT2D eigenvalue weighted by Gasteiger charge is 2.12. The molecule has 3 aromatic rings. The van der Waals surface area contributed by atoms with E-state index in [0.717, 1.165) is 21.6 Å². The quantitative estimate of drug-likeness (QED) is 0.468. The van der Waals surface area contributed by atoms with Crippen molar-refractivity contribution in [2.75, 3.05) is 5.75 Å². The minimum Gasteiger partial charge on any atom is -0.272 e. The summed E-state index contributed by atoms with van der Waals surface area (Å²) in [5.74, 6) is -0.519. The molecule has 2 aromatic carbocycles. The number of nitrogens with zero attached hydrogens (tertiary/aromatic N) is 1. The molecule has 0 fully saturated rings. The molecule has 0 aliphatic carbocycles. The van der Waals surface area contributed by atoms with Crippen molar-refractivity contribution in [2.45, 2.75) is 18.7 Å². The highest BCUT2D eigenvalue weighted by atomic mass is 32.2. The zero-order valence-corrected chi connectivity index (χ0v) is 15.9. The molecule has 6 nitrogen and oxygen atoms in total. The average Bonchev–Trinajstić information content (AvgIpc) is 3.18. The van der Waals surface area contributed by atoms with E-state index in [9.17, 15) is 9.59 Å². The Bertz CT molecular complexity index is 954. The summed E-state index contributed by atoms with van der Waals surface area (Å²) >= 11 is 1.43. The number of hydrogen-bond acceptors (Lipinski definition) is 4. The first kappa shape index (κ1) is 18.7. The van der Waals surface area contributed by atoms with Crippen LogP contribution in [-0.4, -0.2) is 27.8 Å². The number of aromatic amines is 1. The van der Waals surface area contributed by atoms with Gasteiger partial charge in [0.15, 0.2) is 0 Å². The molecule has 0 saturated carbocycles. The monoisotopic (exact) mass is 380 g/mol. The summed E-state index contributed by atoms with van der Waals surface area (Å²) in [6.07, 6.45) is 0. The Morgan fingerprint density at radius 1 is 1.04 bits per heavy atom. The van der Waals surface area contributed by atoms with Crippen LogP contribution in [0.3, 0.4) is 0 Å². The van der Waals surface area contributed by atoms with E-state index in [1.165, 1.54) is 11.8 Å². The first-order valence-electron chi connectivity index (χ1n) is 8.43. The molecule has 138 valence electrons. The Labute approximate surface area is 161 Å². The molecular formula is C20H20N4O2S. The number of hydrogen-bond donors (Lipinski definition) is 3. The van der Waals surface area contributed by atoms with Crippen LogP contribution >= 0.6 is 11.8 Å². The van der Waals surface area contributed by atoms with Gasteiger partial charge in [-0.1, -0.05) is 48.0 Å². The van der Waals surface area contributed by atoms with Crippen LogP contribution in [0.5, 0.6) is 0 Å². The van der Waals surface area contributed by atoms with Crippen LogP contribution in [0.1, 0.15) is 21.6 Å². The summed E-state index contributed by atoms with van der Waals surface area (Å²) in [6.45, 7) is 4.02. The molecule has 1 heterocycles. The lowest BCUT2D eigenvalue weighted by atomic mass is 10.1. The molecular weight excluding hydrogens is 360 g/mol. The second kappa shape index (κ2) is 8.55. The SMILES string of the molecule is Cc1ccc(C)c(SCC(=O)NNC(=O)c2cc(-c3ccccc3)n[nH]2)c1. The number of nitrogens with one attached hydrogen (secondary N) is 3. The minimum absolute atomic E-state index is 0.211. The van der Waals surface area contributed by atoms with Crippen LogP contribution in [0.2, 0.25) is 0 Å². The number of carbonyl (C=O) groups excluding carboxylic acids is 2. The van der Waals surface area contributed by atoms with E-state index in [-0.39, 0.29) is 17.4 Å². The van der Waals surface area contributed by atoms with Crippen LogP contribution in [0.25, 0.3) is 11.3 Å². The number of benzene rings is 2. The molecule has 0 aliphatic heterocycles. The fourth-order valence-electron chi connectivity index (χ4n) is 2.43. The van der Waals surface area contributed by atoms with Crippen molar-refractivity contribution in [3.63, 3.8) is 0 Å². The lowest BCUT2D eigenvalue weighted by Crippen LogP contribution is -2.42. The average molecular weight is 380 g/mol. The second-order valence-corrected chi connectivity index (χ2v) is 7.11. The highest BCUT2D eigenvalue weighted by Crippen LogP contribution is 2.23. The number of aryl methyl sites for hydroxylation is 2. The van der Waals surface area contributed by atoms with Gasteiger partial charge in [0.2, 0.25) is 5.91 Å². The Hall–Kier alpha value is -3.06. The number of rotatable bonds is 5. The third-order valence-electron chi connectivity index (χ3n) is 3.91. The van der Waals surface area contributed by atoms with Crippen LogP contribution in [0.4, 0.5) is 0 Å². The maximum absolute atomic E-state index is 12.2. The van der Waals surface area contributed by atoms with E-state index in [4.69, 9.17) is 0 Å². The Kier molecular flexibility index (Phi) is 5.93. The van der Waals surface area contributed by atoms with E-state index in [0.29, 0.717) is 5.69 Å². The minimum atomic E-state index is -0.449. The summed E-state index contributed by atoms with van der Waals surface area (Å²) in [5.41, 5.74) is 8.94. The molecule has 7 heteroatoms. The molecule has 0 bridgehead atoms. The Balaban J connectivity index is 1.51. The number of thioether (sulfide) groups is 1. The van der Waals surface area contributed by atoms with E-state index in [1.807, 2.05) is 62.4 Å². The molecule has 0 saturated heterocycles. The zero-order valence-electron chi connectivity index (χ0n) is 15.1. The second-order valence-electron chi connectivity index (χ2n) is 6.09. The van der Waals surface area contributed by atoms with Crippen molar-refractivity contribution < 1.29 is 9.59 Å². The zero-order chi connectivity index (χ0) is 19.2. The topological polar surface area (TPSA) is 86.9 Å². The van der Waals surface area contributed by atoms with Gasteiger partial charge in [-0.05, 0) is 31.5 Å². The van der Waals surface area contributed by atoms with Crippen LogP contribution in [0, 0.1) is 13.8 Å². The molecule has 0 radical (unpaired) electrons. The number of amides is 2. The first-order chi connectivity index (χ1) is 13.0. The van der Waals surface area contributed by atoms with Gasteiger partial charge in [-0.25, -0.2) is 0 Å². The molecule has 3 rings (SSSR count). The molecule has 0 aliphatic rings. The number of aromatic nitrogens is 2. The molecule has 27 heavy (non-hydrogen) atoms. The molecule has 0 atom stereocenters. The lowest BCUT2D eigenvalue weighted by molar-refractivity contribution is -0.119. The number of carbonyl (C=O) groups is 2. The van der Waals surface area contributed by atoms with Gasteiger partial charge in [0.1, 0.15) is 5.69 Å². The van der Waals surface area contributed by atoms with Crippen LogP contribution in [0.15, 0.2) is 59.5 Å². The predicted molar refractivity (Wildman–Crippen MR) is 106 cm³/mol. The van der Waals surface area contributed by atoms with E-state index in [2.05, 4.69) is 21.0 Å². The van der Waals surface area contributed by atoms with Crippen molar-refractivity contribution in [1.29, 1.82) is 0 Å². The van der Waals surface area contributed by atoms with E-state index < -0.39 is 5.91 Å². The smallest absolute Gasteiger partial charge is 0.272 e. The van der Waals surface area contributed by atoms with Gasteiger partial charge >= 0.3 is 0 Å². The van der Waals surface area contributed by atoms with Crippen molar-refractivity contribution in [1.82, 2.24) is 21.0 Å². The van der Waals surface area contributed by atoms with Gasteiger partial charge in [-0.2, -0.15) is 5.10 Å². The number of H-pyrrole nitrogens is 1. The Morgan fingerprint density at radius 3 is 2.59 bits per heavy atom. The van der Waals surface area contributed by atoms with Gasteiger partial charge in [0, 0.05) is 10.5 Å². The normalized spacial score (nSPS) is 10.4. The van der Waals surface area contributed by atoms with Gasteiger partial charge in [-0.15, -0.1) is 11.8 Å². The lowest BCUT2D eigenvalue weighted by Gasteiger charge is -2.08. The maximum Gasteiger partial charge on any atom is 0.287 e. The highest BCUT2D eigenvalue weighted by molar-refractivity contribution is 8.00. The largest absolute Gasteiger partial charge is 0.287 e. The van der Waals surface area contributed by atoms with Gasteiger partial charge < -0.3 is 0 Å². The van der Waals surface area contributed by atoms with Crippen LogP contribution < -0.4 is 10.9 Å². The fraction of sp³-hybridized carbons (Fsp3) is 0.150. The van der Waals surface area contributed by atoms with Gasteiger partial charge in [0.05, 0.1) is 11.4 Å². The molecule has 0 spiro atoms. The third kappa shape index (κ3) is 4.98. The third-order valence-corrected chi connectivity index (χ3v) is 5.07. The summed E-state index contributed by atoms with van der Waals surface area (Å²) < 4.78 is 0. The molecule has 0 unspecified atom stereocenters. The van der Waals surface area contributed by atoms with Crippen molar-refractivity contribution >= 4 is 23.6 Å². The standard InChI is InChI=1S/C20H20N4O2S/c1-13-8-9-14(2)18(10-13)27-12-19(25)23-24-20(26)17-11-16(21-22-17)15-6-4-3-5-7-15/h3-11H,12H2,1-2H3,(H,21,22)(H,23,25)(H,24,26). The fourth-order valence-corrected chi connectivity index (χ4v) is 3.35. The van der Waals surface area contributed by atoms with Crippen molar-refractivity contribution in [3.05, 3.63) is 71.4 Å². The maximum atomic E-state index is 12.2. The van der Waals surface area contributed by atoms with E-state index in [1.54, 1.807) is 6.07 Å². The molecule has 1 aromatic heterocycles. The summed E-state index contributed by atoms with van der Waals surface area (Å²) in [4.78, 5) is 25.2. The predicted octanol–water partition coefficient (Wildman–Crippen LogP) is 3.25. The van der Waals surface area contributed by atoms with Crippen molar-refractivity contribution in [3.8, 4) is 11.3 Å². The van der Waals surface area contributed by atoms with Crippen LogP contribution in [-0.2, 0) is 4.79 Å². The van der Waals surface area contributed by atoms with E-state index >= 15 is 0 Å². The molecule has 3 N–H and O–H groups in total. The van der Waals surface area contributed by atoms with Gasteiger partial charge in [-0.3, -0.25) is 25.5 Å². The molecule has 2 amide bonds. The summed E-state index contributed by atoms with van der Waals surface area (Å²) in [5, 5.41) is 6.81. The van der Waals surface area contributed by atoms with Gasteiger partial charge in [0.25, 0.3) is 5.91 Å². The van der Waals surface area contributed by atoms with Crippen molar-refractivity contribution in [2.24, 2.45) is 0 Å². The number of hydrazine groups is 1. The summed E-state index contributed by atoms with van der Waals surface area (Å²) in [7, 11) is 0. The summed E-state index contributed by atoms with van der Waals surface area (Å²) in [6, 6.07) is 17.3. The first-order valence-corrected chi connectivity index (χ1v) is 9.41.